The average Bonchev–Trinajstić information content (AvgIpc) is 2.60. The molecule has 2 aliphatic rings. The molecule has 0 aromatic rings. The molecule has 3 nitrogen and oxygen atoms in total. The highest BCUT2D eigenvalue weighted by Crippen LogP contribution is 2.48. The zero-order chi connectivity index (χ0) is 13.9. The van der Waals surface area contributed by atoms with E-state index in [1.807, 2.05) is 11.8 Å². The van der Waals surface area contributed by atoms with E-state index in [-0.39, 0.29) is 11.0 Å². The van der Waals surface area contributed by atoms with E-state index in [0.29, 0.717) is 6.42 Å². The van der Waals surface area contributed by atoms with Crippen LogP contribution in [0.15, 0.2) is 0 Å². The van der Waals surface area contributed by atoms with Crippen LogP contribution in [0.5, 0.6) is 0 Å². The largest absolute Gasteiger partial charge is 0.481 e. The lowest BCUT2D eigenvalue weighted by atomic mass is 9.68. The molecule has 4 heteroatoms. The number of nitrogens with zero attached hydrogens (tertiary/aromatic N) is 1. The first kappa shape index (κ1) is 15.2. The zero-order valence-electron chi connectivity index (χ0n) is 12.3. The highest BCUT2D eigenvalue weighted by atomic mass is 32.2. The summed E-state index contributed by atoms with van der Waals surface area (Å²) in [6, 6.07) is 0. The molecule has 2 aliphatic heterocycles. The molecule has 2 saturated heterocycles. The van der Waals surface area contributed by atoms with Gasteiger partial charge in [0.1, 0.15) is 0 Å². The van der Waals surface area contributed by atoms with E-state index >= 15 is 0 Å². The third-order valence-corrected chi connectivity index (χ3v) is 6.30. The van der Waals surface area contributed by atoms with Crippen molar-refractivity contribution in [3.05, 3.63) is 0 Å². The maximum Gasteiger partial charge on any atom is 0.305 e. The van der Waals surface area contributed by atoms with E-state index in [1.54, 1.807) is 0 Å². The maximum atomic E-state index is 11.5. The van der Waals surface area contributed by atoms with Gasteiger partial charge in [-0.1, -0.05) is 26.7 Å². The smallest absolute Gasteiger partial charge is 0.305 e. The summed E-state index contributed by atoms with van der Waals surface area (Å²) in [5.41, 5.74) is -0.0485. The summed E-state index contributed by atoms with van der Waals surface area (Å²) in [5.74, 6) is 1.51. The second-order valence-electron chi connectivity index (χ2n) is 6.69. The van der Waals surface area contributed by atoms with Gasteiger partial charge in [-0.15, -0.1) is 0 Å². The van der Waals surface area contributed by atoms with Crippen LogP contribution in [0, 0.1) is 5.41 Å². The second kappa shape index (κ2) is 6.04. The van der Waals surface area contributed by atoms with Crippen LogP contribution in [0.1, 0.15) is 52.4 Å². The molecule has 110 valence electrons. The van der Waals surface area contributed by atoms with Crippen LogP contribution in [0.4, 0.5) is 0 Å². The van der Waals surface area contributed by atoms with Crippen molar-refractivity contribution in [3.8, 4) is 0 Å². The highest BCUT2D eigenvalue weighted by Gasteiger charge is 2.51. The Balaban J connectivity index is 2.28. The van der Waals surface area contributed by atoms with Gasteiger partial charge in [0.15, 0.2) is 0 Å². The molecular weight excluding hydrogens is 258 g/mol. The third-order valence-electron chi connectivity index (χ3n) is 5.13. The molecule has 0 aromatic carbocycles. The minimum Gasteiger partial charge on any atom is -0.481 e. The molecule has 0 radical (unpaired) electrons. The summed E-state index contributed by atoms with van der Waals surface area (Å²) in [4.78, 5) is 14.0. The minimum atomic E-state index is -0.639. The molecule has 2 heterocycles. The fraction of sp³-hybridized carbons (Fsp3) is 0.933. The van der Waals surface area contributed by atoms with Crippen molar-refractivity contribution in [2.45, 2.75) is 57.9 Å². The zero-order valence-corrected chi connectivity index (χ0v) is 13.1. The predicted octanol–water partition coefficient (Wildman–Crippen LogP) is 3.24. The van der Waals surface area contributed by atoms with E-state index in [2.05, 4.69) is 18.7 Å². The van der Waals surface area contributed by atoms with Crippen molar-refractivity contribution in [1.82, 2.24) is 4.90 Å². The van der Waals surface area contributed by atoms with Crippen molar-refractivity contribution in [2.75, 3.05) is 24.6 Å². The Labute approximate surface area is 121 Å². The summed E-state index contributed by atoms with van der Waals surface area (Å²) in [5, 5.41) is 9.43. The second-order valence-corrected chi connectivity index (χ2v) is 7.80. The van der Waals surface area contributed by atoms with Gasteiger partial charge in [-0.25, -0.2) is 0 Å². The fourth-order valence-electron chi connectivity index (χ4n) is 3.67. The Hall–Kier alpha value is -0.220. The molecule has 0 aliphatic carbocycles. The number of rotatable bonds is 3. The molecule has 19 heavy (non-hydrogen) atoms. The van der Waals surface area contributed by atoms with Crippen LogP contribution >= 0.6 is 11.8 Å². The Morgan fingerprint density at radius 2 is 1.84 bits per heavy atom. The predicted molar refractivity (Wildman–Crippen MR) is 80.7 cm³/mol. The molecule has 0 saturated carbocycles. The van der Waals surface area contributed by atoms with Gasteiger partial charge in [0.05, 0.1) is 6.42 Å². The van der Waals surface area contributed by atoms with Crippen molar-refractivity contribution >= 4 is 17.7 Å². The average molecular weight is 285 g/mol. The molecule has 0 bridgehead atoms. The first-order valence-corrected chi connectivity index (χ1v) is 8.68. The number of thioether (sulfide) groups is 1. The lowest BCUT2D eigenvalue weighted by Gasteiger charge is -2.55. The number of carboxylic acid groups (broad SMARTS) is 1. The minimum absolute atomic E-state index is 0.0982. The van der Waals surface area contributed by atoms with E-state index in [1.165, 1.54) is 31.4 Å². The Morgan fingerprint density at radius 3 is 2.37 bits per heavy atom. The molecular formula is C15H27NO2S. The van der Waals surface area contributed by atoms with Gasteiger partial charge in [-0.2, -0.15) is 11.8 Å². The molecule has 2 rings (SSSR count). The van der Waals surface area contributed by atoms with E-state index in [4.69, 9.17) is 0 Å². The number of likely N-dealkylation sites (tertiary alicyclic amines) is 1. The summed E-state index contributed by atoms with van der Waals surface area (Å²) in [6.07, 6.45) is 6.47. The van der Waals surface area contributed by atoms with Crippen LogP contribution in [-0.4, -0.2) is 46.1 Å². The van der Waals surface area contributed by atoms with Gasteiger partial charge in [0, 0.05) is 11.3 Å². The van der Waals surface area contributed by atoms with Crippen molar-refractivity contribution in [3.63, 3.8) is 0 Å². The van der Waals surface area contributed by atoms with Crippen LogP contribution < -0.4 is 0 Å². The molecule has 1 N–H and O–H groups in total. The lowest BCUT2D eigenvalue weighted by molar-refractivity contribution is -0.143. The van der Waals surface area contributed by atoms with E-state index in [0.717, 1.165) is 25.3 Å². The number of carbonyl (C=O) groups is 1. The number of hydrogen-bond acceptors (Lipinski definition) is 3. The normalized spacial score (nSPS) is 32.7. The van der Waals surface area contributed by atoms with Gasteiger partial charge in [0.2, 0.25) is 0 Å². The Morgan fingerprint density at radius 1 is 1.21 bits per heavy atom. The van der Waals surface area contributed by atoms with Gasteiger partial charge < -0.3 is 5.11 Å². The van der Waals surface area contributed by atoms with Crippen molar-refractivity contribution in [1.29, 1.82) is 0 Å². The third kappa shape index (κ3) is 3.10. The quantitative estimate of drug-likeness (QED) is 0.864. The van der Waals surface area contributed by atoms with E-state index in [9.17, 15) is 9.90 Å². The highest BCUT2D eigenvalue weighted by molar-refractivity contribution is 7.99. The maximum absolute atomic E-state index is 11.5. The summed E-state index contributed by atoms with van der Waals surface area (Å²) < 4.78 is 0. The standard InChI is InChI=1S/C15H27NO2S/c1-14(2)7-10-19-12-15(14,11-13(17)18)16-8-5-3-4-6-9-16/h3-12H2,1-2H3,(H,17,18). The first-order valence-electron chi connectivity index (χ1n) is 7.53. The topological polar surface area (TPSA) is 40.5 Å². The van der Waals surface area contributed by atoms with Gasteiger partial charge in [-0.05, 0) is 43.5 Å². The van der Waals surface area contributed by atoms with Crippen LogP contribution in [0.2, 0.25) is 0 Å². The van der Waals surface area contributed by atoms with Crippen LogP contribution in [0.3, 0.4) is 0 Å². The first-order chi connectivity index (χ1) is 8.98. The summed E-state index contributed by atoms with van der Waals surface area (Å²) >= 11 is 1.94. The van der Waals surface area contributed by atoms with Crippen molar-refractivity contribution < 1.29 is 9.90 Å². The lowest BCUT2D eigenvalue weighted by Crippen LogP contribution is -2.63. The number of hydrogen-bond donors (Lipinski definition) is 1. The Kier molecular flexibility index (Phi) is 4.83. The molecule has 2 fully saturated rings. The SMILES string of the molecule is CC1(C)CCSCC1(CC(=O)O)N1CCCCCC1. The Bertz CT molecular complexity index is 324. The monoisotopic (exact) mass is 285 g/mol. The molecule has 1 atom stereocenters. The van der Waals surface area contributed by atoms with Gasteiger partial charge in [0.25, 0.3) is 0 Å². The van der Waals surface area contributed by atoms with E-state index < -0.39 is 5.97 Å². The molecule has 0 amide bonds. The fourth-order valence-corrected chi connectivity index (χ4v) is 5.48. The molecule has 0 aromatic heterocycles. The van der Waals surface area contributed by atoms with Crippen molar-refractivity contribution in [2.24, 2.45) is 5.41 Å². The molecule has 1 unspecified atom stereocenters. The van der Waals surface area contributed by atoms with Gasteiger partial charge >= 0.3 is 5.97 Å². The van der Waals surface area contributed by atoms with Crippen LogP contribution in [0.25, 0.3) is 0 Å². The van der Waals surface area contributed by atoms with Crippen LogP contribution in [-0.2, 0) is 4.79 Å². The molecule has 0 spiro atoms. The van der Waals surface area contributed by atoms with Gasteiger partial charge in [-0.3, -0.25) is 9.69 Å². The number of carboxylic acids is 1. The summed E-state index contributed by atoms with van der Waals surface area (Å²) in [6.45, 7) is 6.72. The number of aliphatic carboxylic acids is 1. The summed E-state index contributed by atoms with van der Waals surface area (Å²) in [7, 11) is 0.